The van der Waals surface area contributed by atoms with Crippen LogP contribution in [-0.2, 0) is 16.1 Å². The van der Waals surface area contributed by atoms with E-state index in [4.69, 9.17) is 21.1 Å². The third-order valence-corrected chi connectivity index (χ3v) is 3.28. The highest BCUT2D eigenvalue weighted by Crippen LogP contribution is 2.13. The van der Waals surface area contributed by atoms with Gasteiger partial charge in [0.05, 0.1) is 0 Å². The monoisotopic (exact) mass is 331 g/mol. The SMILES string of the molecule is COCOc1ccc(/C=C/C(=O)NCc2ccc(Cl)cc2)cc1. The van der Waals surface area contributed by atoms with Gasteiger partial charge in [0.25, 0.3) is 0 Å². The summed E-state index contributed by atoms with van der Waals surface area (Å²) in [6.45, 7) is 0.673. The van der Waals surface area contributed by atoms with Crippen molar-refractivity contribution in [2.75, 3.05) is 13.9 Å². The number of nitrogens with one attached hydrogen (secondary N) is 1. The van der Waals surface area contributed by atoms with E-state index in [9.17, 15) is 4.79 Å². The smallest absolute Gasteiger partial charge is 0.244 e. The second kappa shape index (κ2) is 8.98. The van der Waals surface area contributed by atoms with Crippen molar-refractivity contribution in [3.63, 3.8) is 0 Å². The van der Waals surface area contributed by atoms with Crippen molar-refractivity contribution in [3.8, 4) is 5.75 Å². The van der Waals surface area contributed by atoms with E-state index in [1.54, 1.807) is 25.3 Å². The number of methoxy groups -OCH3 is 1. The Labute approximate surface area is 140 Å². The first-order valence-electron chi connectivity index (χ1n) is 7.09. The number of halogens is 1. The Morgan fingerprint density at radius 1 is 1.13 bits per heavy atom. The van der Waals surface area contributed by atoms with Gasteiger partial charge in [-0.1, -0.05) is 35.9 Å². The minimum absolute atomic E-state index is 0.153. The molecular weight excluding hydrogens is 314 g/mol. The minimum Gasteiger partial charge on any atom is -0.468 e. The lowest BCUT2D eigenvalue weighted by molar-refractivity contribution is -0.116. The zero-order chi connectivity index (χ0) is 16.5. The minimum atomic E-state index is -0.153. The molecule has 4 nitrogen and oxygen atoms in total. The van der Waals surface area contributed by atoms with Crippen molar-refractivity contribution in [1.29, 1.82) is 0 Å². The summed E-state index contributed by atoms with van der Waals surface area (Å²) in [4.78, 5) is 11.8. The predicted molar refractivity (Wildman–Crippen MR) is 91.3 cm³/mol. The van der Waals surface area contributed by atoms with E-state index >= 15 is 0 Å². The van der Waals surface area contributed by atoms with Crippen LogP contribution in [0.25, 0.3) is 6.08 Å². The van der Waals surface area contributed by atoms with Crippen molar-refractivity contribution >= 4 is 23.6 Å². The van der Waals surface area contributed by atoms with Crippen molar-refractivity contribution < 1.29 is 14.3 Å². The molecule has 23 heavy (non-hydrogen) atoms. The maximum absolute atomic E-state index is 11.8. The third-order valence-electron chi connectivity index (χ3n) is 3.03. The second-order valence-corrected chi connectivity index (χ2v) is 5.23. The number of hydrogen-bond donors (Lipinski definition) is 1. The Hall–Kier alpha value is -2.30. The van der Waals surface area contributed by atoms with Crippen LogP contribution in [0, 0.1) is 0 Å². The third kappa shape index (κ3) is 6.14. The van der Waals surface area contributed by atoms with E-state index in [0.29, 0.717) is 11.6 Å². The van der Waals surface area contributed by atoms with Gasteiger partial charge in [0.2, 0.25) is 5.91 Å². The standard InChI is InChI=1S/C18H18ClNO3/c1-22-13-23-17-9-4-14(5-10-17)6-11-18(21)20-12-15-2-7-16(19)8-3-15/h2-11H,12-13H2,1H3,(H,20,21)/b11-6+. The lowest BCUT2D eigenvalue weighted by atomic mass is 10.2. The first-order chi connectivity index (χ1) is 11.2. The number of ether oxygens (including phenoxy) is 2. The molecule has 0 saturated carbocycles. The zero-order valence-electron chi connectivity index (χ0n) is 12.8. The highest BCUT2D eigenvalue weighted by molar-refractivity contribution is 6.30. The van der Waals surface area contributed by atoms with E-state index in [2.05, 4.69) is 5.32 Å². The van der Waals surface area contributed by atoms with Crippen LogP contribution < -0.4 is 10.1 Å². The molecule has 120 valence electrons. The average molecular weight is 332 g/mol. The van der Waals surface area contributed by atoms with Crippen LogP contribution >= 0.6 is 11.6 Å². The van der Waals surface area contributed by atoms with Crippen molar-refractivity contribution in [2.24, 2.45) is 0 Å². The van der Waals surface area contributed by atoms with Crippen LogP contribution in [0.5, 0.6) is 5.75 Å². The number of amides is 1. The first-order valence-corrected chi connectivity index (χ1v) is 7.47. The summed E-state index contributed by atoms with van der Waals surface area (Å²) in [5.74, 6) is 0.566. The average Bonchev–Trinajstić information content (AvgIpc) is 2.58. The van der Waals surface area contributed by atoms with Crippen molar-refractivity contribution in [2.45, 2.75) is 6.54 Å². The molecule has 5 heteroatoms. The van der Waals surface area contributed by atoms with Crippen molar-refractivity contribution in [3.05, 3.63) is 70.8 Å². The summed E-state index contributed by atoms with van der Waals surface area (Å²) in [6, 6.07) is 14.7. The van der Waals surface area contributed by atoms with Gasteiger partial charge in [-0.05, 0) is 41.5 Å². The molecule has 0 heterocycles. The maximum Gasteiger partial charge on any atom is 0.244 e. The number of benzene rings is 2. The number of hydrogen-bond acceptors (Lipinski definition) is 3. The van der Waals surface area contributed by atoms with Crippen LogP contribution in [0.3, 0.4) is 0 Å². The lowest BCUT2D eigenvalue weighted by Gasteiger charge is -2.04. The first kappa shape index (κ1) is 17.1. The summed E-state index contributed by atoms with van der Waals surface area (Å²) in [6.07, 6.45) is 3.25. The highest BCUT2D eigenvalue weighted by atomic mass is 35.5. The van der Waals surface area contributed by atoms with Gasteiger partial charge >= 0.3 is 0 Å². The van der Waals surface area contributed by atoms with Gasteiger partial charge in [-0.3, -0.25) is 4.79 Å². The fourth-order valence-electron chi connectivity index (χ4n) is 1.82. The van der Waals surface area contributed by atoms with Gasteiger partial charge < -0.3 is 14.8 Å². The molecule has 0 aliphatic carbocycles. The number of carbonyl (C=O) groups is 1. The molecule has 2 aromatic carbocycles. The summed E-state index contributed by atoms with van der Waals surface area (Å²) in [5.41, 5.74) is 1.91. The van der Waals surface area contributed by atoms with Gasteiger partial charge in [-0.25, -0.2) is 0 Å². The normalized spacial score (nSPS) is 10.7. The van der Waals surface area contributed by atoms with E-state index in [-0.39, 0.29) is 12.7 Å². The molecule has 0 radical (unpaired) electrons. The summed E-state index contributed by atoms with van der Waals surface area (Å²) < 4.78 is 10.1. The Bertz CT molecular complexity index is 651. The lowest BCUT2D eigenvalue weighted by Crippen LogP contribution is -2.20. The molecule has 0 bridgehead atoms. The molecule has 0 atom stereocenters. The molecule has 0 saturated heterocycles. The Morgan fingerprint density at radius 3 is 2.48 bits per heavy atom. The van der Waals surface area contributed by atoms with Gasteiger partial charge in [0, 0.05) is 24.8 Å². The van der Waals surface area contributed by atoms with Crippen LogP contribution in [0.15, 0.2) is 54.6 Å². The number of carbonyl (C=O) groups excluding carboxylic acids is 1. The Morgan fingerprint density at radius 2 is 1.83 bits per heavy atom. The molecule has 0 spiro atoms. The summed E-state index contributed by atoms with van der Waals surface area (Å²) in [7, 11) is 1.57. The van der Waals surface area contributed by atoms with E-state index in [1.807, 2.05) is 36.4 Å². The number of rotatable bonds is 7. The Balaban J connectivity index is 1.82. The van der Waals surface area contributed by atoms with Gasteiger partial charge in [-0.2, -0.15) is 0 Å². The summed E-state index contributed by atoms with van der Waals surface area (Å²) in [5, 5.41) is 3.50. The van der Waals surface area contributed by atoms with Crippen molar-refractivity contribution in [1.82, 2.24) is 5.32 Å². The van der Waals surface area contributed by atoms with Crippen LogP contribution in [0.2, 0.25) is 5.02 Å². The second-order valence-electron chi connectivity index (χ2n) is 4.80. The molecule has 1 N–H and O–H groups in total. The van der Waals surface area contributed by atoms with Crippen LogP contribution in [-0.4, -0.2) is 19.8 Å². The molecule has 2 aromatic rings. The van der Waals surface area contributed by atoms with Crippen LogP contribution in [0.4, 0.5) is 0 Å². The molecule has 1 amide bonds. The van der Waals surface area contributed by atoms with Gasteiger partial charge in [0.15, 0.2) is 6.79 Å². The molecule has 0 fully saturated rings. The molecular formula is C18H18ClNO3. The van der Waals surface area contributed by atoms with E-state index in [1.165, 1.54) is 6.08 Å². The molecule has 2 rings (SSSR count). The maximum atomic E-state index is 11.8. The molecule has 0 aliphatic rings. The van der Waals surface area contributed by atoms with Crippen LogP contribution in [0.1, 0.15) is 11.1 Å². The van der Waals surface area contributed by atoms with E-state index < -0.39 is 0 Å². The molecule has 0 aliphatic heterocycles. The molecule has 0 unspecified atom stereocenters. The zero-order valence-corrected chi connectivity index (χ0v) is 13.5. The molecule has 0 aromatic heterocycles. The fraction of sp³-hybridized carbons (Fsp3) is 0.167. The highest BCUT2D eigenvalue weighted by Gasteiger charge is 1.98. The quantitative estimate of drug-likeness (QED) is 0.622. The topological polar surface area (TPSA) is 47.6 Å². The summed E-state index contributed by atoms with van der Waals surface area (Å²) >= 11 is 5.82. The predicted octanol–water partition coefficient (Wildman–Crippen LogP) is 3.65. The van der Waals surface area contributed by atoms with Gasteiger partial charge in [-0.15, -0.1) is 0 Å². The largest absolute Gasteiger partial charge is 0.468 e. The Kier molecular flexibility index (Phi) is 6.66. The van der Waals surface area contributed by atoms with Gasteiger partial charge in [0.1, 0.15) is 5.75 Å². The fourth-order valence-corrected chi connectivity index (χ4v) is 1.95. The van der Waals surface area contributed by atoms with E-state index in [0.717, 1.165) is 16.9 Å².